The molecule has 3 aromatic rings. The molecule has 4 heteroatoms. The van der Waals surface area contributed by atoms with Crippen LogP contribution in [-0.4, -0.2) is 19.7 Å². The van der Waals surface area contributed by atoms with Crippen molar-refractivity contribution in [3.63, 3.8) is 0 Å². The average Bonchev–Trinajstić information content (AvgIpc) is 2.86. The van der Waals surface area contributed by atoms with Crippen LogP contribution in [0.15, 0.2) is 42.9 Å². The van der Waals surface area contributed by atoms with E-state index in [0.29, 0.717) is 0 Å². The van der Waals surface area contributed by atoms with Gasteiger partial charge in [0, 0.05) is 23.7 Å². The molecule has 0 spiro atoms. The normalized spacial score (nSPS) is 10.9. The van der Waals surface area contributed by atoms with Crippen LogP contribution in [0, 0.1) is 0 Å². The van der Waals surface area contributed by atoms with Crippen LogP contribution in [-0.2, 0) is 6.54 Å². The number of para-hydroxylation sites is 1. The van der Waals surface area contributed by atoms with Gasteiger partial charge in [0.15, 0.2) is 5.82 Å². The predicted octanol–water partition coefficient (Wildman–Crippen LogP) is 2.51. The van der Waals surface area contributed by atoms with Crippen molar-refractivity contribution in [2.45, 2.75) is 13.5 Å². The molecule has 0 bridgehead atoms. The number of hydrogen-bond acceptors (Lipinski definition) is 3. The summed E-state index contributed by atoms with van der Waals surface area (Å²) in [6.45, 7) is 2.93. The molecule has 4 nitrogen and oxygen atoms in total. The highest BCUT2D eigenvalue weighted by atomic mass is 15.3. The molecule has 0 amide bonds. The minimum Gasteiger partial charge on any atom is -0.314 e. The third-order valence-electron chi connectivity index (χ3n) is 2.83. The molecule has 0 aliphatic carbocycles. The van der Waals surface area contributed by atoms with Crippen LogP contribution in [0.4, 0.5) is 0 Å². The highest BCUT2D eigenvalue weighted by molar-refractivity contribution is 5.91. The van der Waals surface area contributed by atoms with Crippen molar-refractivity contribution in [1.82, 2.24) is 19.7 Å². The summed E-state index contributed by atoms with van der Waals surface area (Å²) in [6.07, 6.45) is 3.55. The van der Waals surface area contributed by atoms with Crippen LogP contribution in [0.3, 0.4) is 0 Å². The van der Waals surface area contributed by atoms with Gasteiger partial charge < -0.3 is 4.57 Å². The fraction of sp³-hybridized carbons (Fsp3) is 0.154. The molecule has 0 aliphatic rings. The highest BCUT2D eigenvalue weighted by Crippen LogP contribution is 2.24. The number of hydrogen-bond donors (Lipinski definition) is 0. The van der Waals surface area contributed by atoms with Crippen LogP contribution in [0.1, 0.15) is 6.92 Å². The lowest BCUT2D eigenvalue weighted by atomic mass is 10.1. The molecule has 0 atom stereocenters. The molecule has 0 saturated heterocycles. The van der Waals surface area contributed by atoms with Crippen LogP contribution in [0.2, 0.25) is 0 Å². The molecular formula is C13H12N4. The molecule has 0 radical (unpaired) electrons. The van der Waals surface area contributed by atoms with Gasteiger partial charge >= 0.3 is 0 Å². The SMILES string of the molecule is CCn1cnnc1-c1cccc2cccnc12. The summed E-state index contributed by atoms with van der Waals surface area (Å²) < 4.78 is 2.02. The first-order chi connectivity index (χ1) is 8.40. The Hall–Kier alpha value is -2.23. The molecule has 17 heavy (non-hydrogen) atoms. The fourth-order valence-electron chi connectivity index (χ4n) is 1.98. The molecule has 3 rings (SSSR count). The van der Waals surface area contributed by atoms with E-state index in [9.17, 15) is 0 Å². The van der Waals surface area contributed by atoms with Gasteiger partial charge in [-0.25, -0.2) is 0 Å². The summed E-state index contributed by atoms with van der Waals surface area (Å²) in [7, 11) is 0. The van der Waals surface area contributed by atoms with Gasteiger partial charge in [-0.1, -0.05) is 18.2 Å². The second kappa shape index (κ2) is 3.97. The Morgan fingerprint density at radius 3 is 2.94 bits per heavy atom. The topological polar surface area (TPSA) is 43.6 Å². The zero-order valence-corrected chi connectivity index (χ0v) is 9.54. The number of aromatic nitrogens is 4. The molecule has 2 aromatic heterocycles. The molecule has 0 aliphatic heterocycles. The standard InChI is InChI=1S/C13H12N4/c1-2-17-9-15-16-13(17)11-7-3-5-10-6-4-8-14-12(10)11/h3-9H,2H2,1H3. The Morgan fingerprint density at radius 1 is 1.18 bits per heavy atom. The van der Waals surface area contributed by atoms with E-state index in [1.807, 2.05) is 22.8 Å². The summed E-state index contributed by atoms with van der Waals surface area (Å²) >= 11 is 0. The fourth-order valence-corrected chi connectivity index (χ4v) is 1.98. The van der Waals surface area contributed by atoms with E-state index in [1.165, 1.54) is 0 Å². The van der Waals surface area contributed by atoms with Crippen molar-refractivity contribution in [2.24, 2.45) is 0 Å². The molecule has 0 unspecified atom stereocenters. The Kier molecular flexibility index (Phi) is 2.33. The Bertz CT molecular complexity index is 652. The van der Waals surface area contributed by atoms with E-state index in [-0.39, 0.29) is 0 Å². The third-order valence-corrected chi connectivity index (χ3v) is 2.83. The van der Waals surface area contributed by atoms with Crippen molar-refractivity contribution in [1.29, 1.82) is 0 Å². The minimum atomic E-state index is 0.853. The van der Waals surface area contributed by atoms with E-state index in [4.69, 9.17) is 0 Å². The first-order valence-corrected chi connectivity index (χ1v) is 5.62. The zero-order valence-electron chi connectivity index (χ0n) is 9.54. The monoisotopic (exact) mass is 224 g/mol. The summed E-state index contributed by atoms with van der Waals surface area (Å²) in [5, 5.41) is 9.26. The van der Waals surface area contributed by atoms with Crippen LogP contribution >= 0.6 is 0 Å². The van der Waals surface area contributed by atoms with E-state index < -0.39 is 0 Å². The van der Waals surface area contributed by atoms with Crippen molar-refractivity contribution in [3.05, 3.63) is 42.9 Å². The first kappa shape index (κ1) is 9.96. The van der Waals surface area contributed by atoms with Crippen molar-refractivity contribution in [2.75, 3.05) is 0 Å². The molecule has 0 saturated carbocycles. The van der Waals surface area contributed by atoms with Gasteiger partial charge in [-0.2, -0.15) is 0 Å². The van der Waals surface area contributed by atoms with E-state index in [2.05, 4.69) is 34.2 Å². The number of nitrogens with zero attached hydrogens (tertiary/aromatic N) is 4. The van der Waals surface area contributed by atoms with E-state index in [0.717, 1.165) is 28.8 Å². The van der Waals surface area contributed by atoms with Gasteiger partial charge in [0.05, 0.1) is 5.52 Å². The second-order valence-corrected chi connectivity index (χ2v) is 3.82. The van der Waals surface area contributed by atoms with E-state index >= 15 is 0 Å². The smallest absolute Gasteiger partial charge is 0.165 e. The van der Waals surface area contributed by atoms with Crippen molar-refractivity contribution < 1.29 is 0 Å². The Balaban J connectivity index is 2.31. The van der Waals surface area contributed by atoms with Crippen LogP contribution in [0.5, 0.6) is 0 Å². The van der Waals surface area contributed by atoms with Gasteiger partial charge in [-0.15, -0.1) is 10.2 Å². The molecule has 2 heterocycles. The lowest BCUT2D eigenvalue weighted by Gasteiger charge is -2.06. The largest absolute Gasteiger partial charge is 0.314 e. The van der Waals surface area contributed by atoms with Gasteiger partial charge in [0.2, 0.25) is 0 Å². The first-order valence-electron chi connectivity index (χ1n) is 5.62. The predicted molar refractivity (Wildman–Crippen MR) is 66.4 cm³/mol. The van der Waals surface area contributed by atoms with Gasteiger partial charge in [0.1, 0.15) is 6.33 Å². The Labute approximate surface area is 98.9 Å². The Morgan fingerprint density at radius 2 is 2.06 bits per heavy atom. The molecule has 0 N–H and O–H groups in total. The zero-order chi connectivity index (χ0) is 11.7. The third kappa shape index (κ3) is 1.58. The number of pyridine rings is 1. The van der Waals surface area contributed by atoms with Gasteiger partial charge in [-0.05, 0) is 19.1 Å². The average molecular weight is 224 g/mol. The molecule has 1 aromatic carbocycles. The molecule has 84 valence electrons. The maximum atomic E-state index is 4.43. The number of benzene rings is 1. The number of fused-ring (bicyclic) bond motifs is 1. The van der Waals surface area contributed by atoms with Crippen LogP contribution < -0.4 is 0 Å². The number of aryl methyl sites for hydroxylation is 1. The number of rotatable bonds is 2. The van der Waals surface area contributed by atoms with Crippen molar-refractivity contribution >= 4 is 10.9 Å². The summed E-state index contributed by atoms with van der Waals surface area (Å²) in [5.74, 6) is 0.872. The maximum Gasteiger partial charge on any atom is 0.165 e. The lowest BCUT2D eigenvalue weighted by Crippen LogP contribution is -1.97. The molecule has 0 fully saturated rings. The quantitative estimate of drug-likeness (QED) is 0.671. The molecular weight excluding hydrogens is 212 g/mol. The second-order valence-electron chi connectivity index (χ2n) is 3.82. The van der Waals surface area contributed by atoms with Gasteiger partial charge in [-0.3, -0.25) is 4.98 Å². The minimum absolute atomic E-state index is 0.853. The highest BCUT2D eigenvalue weighted by Gasteiger charge is 2.10. The van der Waals surface area contributed by atoms with Crippen LogP contribution in [0.25, 0.3) is 22.3 Å². The summed E-state index contributed by atoms with van der Waals surface area (Å²) in [5.41, 5.74) is 2.00. The van der Waals surface area contributed by atoms with Crippen molar-refractivity contribution in [3.8, 4) is 11.4 Å². The summed E-state index contributed by atoms with van der Waals surface area (Å²) in [4.78, 5) is 4.43. The lowest BCUT2D eigenvalue weighted by molar-refractivity contribution is 0.767. The summed E-state index contributed by atoms with van der Waals surface area (Å²) in [6, 6.07) is 10.1. The maximum absolute atomic E-state index is 4.43. The van der Waals surface area contributed by atoms with E-state index in [1.54, 1.807) is 12.5 Å². The van der Waals surface area contributed by atoms with Gasteiger partial charge in [0.25, 0.3) is 0 Å².